The highest BCUT2D eigenvalue weighted by Gasteiger charge is 2.15. The lowest BCUT2D eigenvalue weighted by Crippen LogP contribution is -2.03. The second-order valence-electron chi connectivity index (χ2n) is 7.16. The quantitative estimate of drug-likeness (QED) is 0.480. The first-order valence-electron chi connectivity index (χ1n) is 9.86. The maximum atomic E-state index is 11.6. The zero-order valence-corrected chi connectivity index (χ0v) is 16.6. The van der Waals surface area contributed by atoms with E-state index < -0.39 is 5.97 Å². The van der Waals surface area contributed by atoms with Gasteiger partial charge in [0.25, 0.3) is 0 Å². The molecule has 0 saturated heterocycles. The number of unbranched alkanes of at least 4 members (excludes halogenated alkanes) is 1. The maximum Gasteiger partial charge on any atom is 0.336 e. The molecule has 0 aliphatic heterocycles. The summed E-state index contributed by atoms with van der Waals surface area (Å²) in [5, 5.41) is 9.47. The average Bonchev–Trinajstić information content (AvgIpc) is 3.09. The number of carboxylic acids is 1. The minimum absolute atomic E-state index is 0.300. The molecule has 4 aromatic rings. The molecule has 2 aromatic heterocycles. The lowest BCUT2D eigenvalue weighted by atomic mass is 9.99. The van der Waals surface area contributed by atoms with Crippen LogP contribution in [0.1, 0.15) is 41.6 Å². The monoisotopic (exact) mass is 385 g/mol. The molecular weight excluding hydrogens is 362 g/mol. The Bertz CT molecular complexity index is 1180. The highest BCUT2D eigenvalue weighted by atomic mass is 16.4. The number of carbonyl (C=O) groups is 1. The fourth-order valence-corrected chi connectivity index (χ4v) is 3.58. The van der Waals surface area contributed by atoms with Crippen molar-refractivity contribution >= 4 is 17.1 Å². The third-order valence-electron chi connectivity index (χ3n) is 5.06. The van der Waals surface area contributed by atoms with Crippen LogP contribution in [0.15, 0.2) is 60.7 Å². The van der Waals surface area contributed by atoms with Crippen LogP contribution < -0.4 is 0 Å². The second kappa shape index (κ2) is 7.87. The Morgan fingerprint density at radius 1 is 1.00 bits per heavy atom. The van der Waals surface area contributed by atoms with Gasteiger partial charge in [-0.25, -0.2) is 14.8 Å². The van der Waals surface area contributed by atoms with Crippen LogP contribution in [0.25, 0.3) is 28.0 Å². The van der Waals surface area contributed by atoms with Gasteiger partial charge in [-0.2, -0.15) is 0 Å². The highest BCUT2D eigenvalue weighted by Crippen LogP contribution is 2.27. The van der Waals surface area contributed by atoms with Crippen LogP contribution in [0, 0.1) is 6.92 Å². The van der Waals surface area contributed by atoms with Crippen LogP contribution in [-0.2, 0) is 6.42 Å². The molecule has 0 saturated carbocycles. The molecule has 0 atom stereocenters. The molecule has 5 heteroatoms. The summed E-state index contributed by atoms with van der Waals surface area (Å²) in [6.07, 6.45) is 3.04. The van der Waals surface area contributed by atoms with Crippen molar-refractivity contribution in [3.8, 4) is 16.8 Å². The Labute approximate surface area is 169 Å². The number of aromatic nitrogens is 3. The van der Waals surface area contributed by atoms with Crippen molar-refractivity contribution in [2.75, 3.05) is 0 Å². The first kappa shape index (κ1) is 18.9. The first-order valence-corrected chi connectivity index (χ1v) is 9.86. The van der Waals surface area contributed by atoms with E-state index in [1.165, 1.54) is 0 Å². The van der Waals surface area contributed by atoms with E-state index in [1.54, 1.807) is 12.1 Å². The summed E-state index contributed by atoms with van der Waals surface area (Å²) in [6, 6.07) is 19.0. The van der Waals surface area contributed by atoms with Crippen molar-refractivity contribution in [3.05, 3.63) is 77.7 Å². The Hall–Kier alpha value is -3.47. The predicted molar refractivity (Wildman–Crippen MR) is 115 cm³/mol. The molecule has 29 heavy (non-hydrogen) atoms. The molecule has 0 aliphatic rings. The van der Waals surface area contributed by atoms with E-state index >= 15 is 0 Å². The number of hydrogen-bond donors (Lipinski definition) is 1. The van der Waals surface area contributed by atoms with Gasteiger partial charge in [0, 0.05) is 17.8 Å². The van der Waals surface area contributed by atoms with Crippen LogP contribution >= 0.6 is 0 Å². The molecule has 1 N–H and O–H groups in total. The topological polar surface area (TPSA) is 68.0 Å². The Morgan fingerprint density at radius 2 is 1.76 bits per heavy atom. The van der Waals surface area contributed by atoms with Gasteiger partial charge >= 0.3 is 5.97 Å². The number of aryl methyl sites for hydroxylation is 2. The van der Waals surface area contributed by atoms with E-state index in [1.807, 2.05) is 55.5 Å². The molecular formula is C24H23N3O2. The summed E-state index contributed by atoms with van der Waals surface area (Å²) in [4.78, 5) is 21.1. The van der Waals surface area contributed by atoms with Crippen molar-refractivity contribution in [2.24, 2.45) is 0 Å². The number of benzene rings is 2. The number of aromatic carboxylic acids is 1. The zero-order chi connectivity index (χ0) is 20.4. The maximum absolute atomic E-state index is 11.6. The molecule has 2 heterocycles. The van der Waals surface area contributed by atoms with E-state index in [9.17, 15) is 9.90 Å². The lowest BCUT2D eigenvalue weighted by Gasteiger charge is -2.11. The van der Waals surface area contributed by atoms with E-state index in [4.69, 9.17) is 9.97 Å². The third-order valence-corrected chi connectivity index (χ3v) is 5.06. The van der Waals surface area contributed by atoms with Crippen LogP contribution in [0.2, 0.25) is 0 Å². The van der Waals surface area contributed by atoms with Gasteiger partial charge < -0.3 is 5.11 Å². The number of rotatable bonds is 6. The molecule has 5 nitrogen and oxygen atoms in total. The summed E-state index contributed by atoms with van der Waals surface area (Å²) in [7, 11) is 0. The van der Waals surface area contributed by atoms with E-state index in [0.717, 1.165) is 53.2 Å². The first-order chi connectivity index (χ1) is 14.1. The number of imidazole rings is 1. The van der Waals surface area contributed by atoms with E-state index in [0.29, 0.717) is 11.1 Å². The summed E-state index contributed by atoms with van der Waals surface area (Å²) in [5.41, 5.74) is 5.56. The van der Waals surface area contributed by atoms with Gasteiger partial charge in [-0.1, -0.05) is 43.7 Å². The number of hydrogen-bond acceptors (Lipinski definition) is 3. The Morgan fingerprint density at radius 3 is 2.48 bits per heavy atom. The van der Waals surface area contributed by atoms with E-state index in [-0.39, 0.29) is 0 Å². The Balaban J connectivity index is 1.81. The van der Waals surface area contributed by atoms with Crippen molar-refractivity contribution in [2.45, 2.75) is 33.1 Å². The summed E-state index contributed by atoms with van der Waals surface area (Å²) >= 11 is 0. The fraction of sp³-hybridized carbons (Fsp3) is 0.208. The van der Waals surface area contributed by atoms with Gasteiger partial charge in [0.05, 0.1) is 5.56 Å². The predicted octanol–water partition coefficient (Wildman–Crippen LogP) is 5.44. The van der Waals surface area contributed by atoms with Crippen LogP contribution in [-0.4, -0.2) is 25.6 Å². The molecule has 0 spiro atoms. The largest absolute Gasteiger partial charge is 0.478 e. The number of fused-ring (bicyclic) bond motifs is 1. The van der Waals surface area contributed by atoms with Crippen molar-refractivity contribution in [3.63, 3.8) is 0 Å². The minimum Gasteiger partial charge on any atom is -0.478 e. The normalized spacial score (nSPS) is 11.1. The Kier molecular flexibility index (Phi) is 5.12. The summed E-state index contributed by atoms with van der Waals surface area (Å²) < 4.78 is 2.12. The van der Waals surface area contributed by atoms with Crippen LogP contribution in [0.3, 0.4) is 0 Å². The molecule has 0 fully saturated rings. The fourth-order valence-electron chi connectivity index (χ4n) is 3.58. The van der Waals surface area contributed by atoms with Gasteiger partial charge in [0.2, 0.25) is 0 Å². The average molecular weight is 385 g/mol. The van der Waals surface area contributed by atoms with Gasteiger partial charge in [-0.05, 0) is 54.8 Å². The van der Waals surface area contributed by atoms with Crippen LogP contribution in [0.5, 0.6) is 0 Å². The SMILES string of the molecule is CCCCc1nc2ccc(C)nc2n1-c1ccc(-c2ccccc2C(=O)O)cc1. The van der Waals surface area contributed by atoms with Crippen molar-refractivity contribution in [1.82, 2.24) is 14.5 Å². The molecule has 4 rings (SSSR count). The standard InChI is InChI=1S/C24H23N3O2/c1-3-4-9-22-26-21-15-10-16(2)25-23(21)27(22)18-13-11-17(12-14-18)19-7-5-6-8-20(19)24(28)29/h5-8,10-15H,3-4,9H2,1-2H3,(H,28,29). The molecule has 0 unspecified atom stereocenters. The van der Waals surface area contributed by atoms with Gasteiger partial charge in [-0.15, -0.1) is 0 Å². The second-order valence-corrected chi connectivity index (χ2v) is 7.16. The van der Waals surface area contributed by atoms with Gasteiger partial charge in [0.1, 0.15) is 11.3 Å². The lowest BCUT2D eigenvalue weighted by molar-refractivity contribution is 0.0697. The smallest absolute Gasteiger partial charge is 0.336 e. The third kappa shape index (κ3) is 3.63. The number of nitrogens with zero attached hydrogens (tertiary/aromatic N) is 3. The molecule has 0 radical (unpaired) electrons. The molecule has 146 valence electrons. The minimum atomic E-state index is -0.924. The number of carboxylic acid groups (broad SMARTS) is 1. The number of pyridine rings is 1. The molecule has 0 bridgehead atoms. The summed E-state index contributed by atoms with van der Waals surface area (Å²) in [5.74, 6) is 0.0745. The molecule has 0 aliphatic carbocycles. The molecule has 0 amide bonds. The van der Waals surface area contributed by atoms with Gasteiger partial charge in [-0.3, -0.25) is 4.57 Å². The van der Waals surface area contributed by atoms with Crippen molar-refractivity contribution < 1.29 is 9.90 Å². The zero-order valence-electron chi connectivity index (χ0n) is 16.6. The van der Waals surface area contributed by atoms with Crippen LogP contribution in [0.4, 0.5) is 0 Å². The van der Waals surface area contributed by atoms with Crippen molar-refractivity contribution in [1.29, 1.82) is 0 Å². The molecule has 2 aromatic carbocycles. The van der Waals surface area contributed by atoms with E-state index in [2.05, 4.69) is 11.5 Å². The summed E-state index contributed by atoms with van der Waals surface area (Å²) in [6.45, 7) is 4.15. The van der Waals surface area contributed by atoms with Gasteiger partial charge in [0.15, 0.2) is 5.65 Å². The highest BCUT2D eigenvalue weighted by molar-refractivity contribution is 5.96.